The molecule has 0 radical (unpaired) electrons. The monoisotopic (exact) mass is 179 g/mol. The number of hydrogen-bond donors (Lipinski definition) is 1. The maximum Gasteiger partial charge on any atom is 0.310 e. The Morgan fingerprint density at radius 3 is 2.77 bits per heavy atom. The third kappa shape index (κ3) is 2.47. The van der Waals surface area contributed by atoms with Crippen LogP contribution in [0.15, 0.2) is 18.2 Å². The topological polar surface area (TPSA) is 52.3 Å². The van der Waals surface area contributed by atoms with Gasteiger partial charge < -0.3 is 10.5 Å². The van der Waals surface area contributed by atoms with Crippen LogP contribution in [0.4, 0.5) is 5.69 Å². The predicted molar refractivity (Wildman–Crippen MR) is 51.5 cm³/mol. The van der Waals surface area contributed by atoms with Gasteiger partial charge in [0.15, 0.2) is 0 Å². The molecule has 1 aromatic rings. The summed E-state index contributed by atoms with van der Waals surface area (Å²) in [6.45, 7) is 3.61. The van der Waals surface area contributed by atoms with Gasteiger partial charge in [0, 0.05) is 12.1 Å². The molecule has 0 bridgehead atoms. The molecule has 0 atom stereocenters. The highest BCUT2D eigenvalue weighted by atomic mass is 16.5. The van der Waals surface area contributed by atoms with Crippen molar-refractivity contribution < 1.29 is 9.53 Å². The summed E-state index contributed by atoms with van der Waals surface area (Å²) in [5.74, 6) is 0.355. The van der Waals surface area contributed by atoms with E-state index >= 15 is 0 Å². The Morgan fingerprint density at radius 1 is 1.54 bits per heavy atom. The molecule has 0 amide bonds. The second-order valence-corrected chi connectivity index (χ2v) is 2.85. The summed E-state index contributed by atoms with van der Waals surface area (Å²) in [5, 5.41) is 0. The van der Waals surface area contributed by atoms with Gasteiger partial charge in [-0.25, -0.2) is 0 Å². The zero-order valence-electron chi connectivity index (χ0n) is 7.83. The van der Waals surface area contributed by atoms with E-state index in [1.54, 1.807) is 25.1 Å². The zero-order chi connectivity index (χ0) is 9.84. The van der Waals surface area contributed by atoms with Gasteiger partial charge in [0.25, 0.3) is 0 Å². The van der Waals surface area contributed by atoms with Crippen molar-refractivity contribution in [2.24, 2.45) is 0 Å². The molecule has 0 saturated heterocycles. The minimum Gasteiger partial charge on any atom is -0.426 e. The van der Waals surface area contributed by atoms with Gasteiger partial charge in [-0.15, -0.1) is 0 Å². The van der Waals surface area contributed by atoms with Crippen molar-refractivity contribution in [2.75, 3.05) is 5.73 Å². The summed E-state index contributed by atoms with van der Waals surface area (Å²) in [4.78, 5) is 11.0. The highest BCUT2D eigenvalue weighted by molar-refractivity contribution is 5.72. The third-order valence-electron chi connectivity index (χ3n) is 1.71. The van der Waals surface area contributed by atoms with Gasteiger partial charge in [0.2, 0.25) is 0 Å². The van der Waals surface area contributed by atoms with Crippen LogP contribution < -0.4 is 10.5 Å². The fourth-order valence-corrected chi connectivity index (χ4v) is 0.982. The molecule has 70 valence electrons. The molecule has 2 N–H and O–H groups in total. The van der Waals surface area contributed by atoms with Crippen molar-refractivity contribution in [2.45, 2.75) is 20.3 Å². The highest BCUT2D eigenvalue weighted by Gasteiger charge is 2.04. The summed E-state index contributed by atoms with van der Waals surface area (Å²) in [5.41, 5.74) is 7.10. The number of hydrogen-bond acceptors (Lipinski definition) is 3. The number of ether oxygens (including phenoxy) is 1. The Hall–Kier alpha value is -1.51. The second kappa shape index (κ2) is 3.94. The van der Waals surface area contributed by atoms with Gasteiger partial charge in [0.1, 0.15) is 5.75 Å². The van der Waals surface area contributed by atoms with Gasteiger partial charge in [-0.3, -0.25) is 4.79 Å². The van der Waals surface area contributed by atoms with Crippen molar-refractivity contribution >= 4 is 11.7 Å². The van der Waals surface area contributed by atoms with Crippen molar-refractivity contribution in [3.63, 3.8) is 0 Å². The highest BCUT2D eigenvalue weighted by Crippen LogP contribution is 2.20. The van der Waals surface area contributed by atoms with E-state index in [2.05, 4.69) is 0 Å². The van der Waals surface area contributed by atoms with Crippen molar-refractivity contribution in [3.05, 3.63) is 23.8 Å². The standard InChI is InChI=1S/C10H13NO2/c1-3-10(12)13-9-5-4-8(11)6-7(9)2/h4-6H,3,11H2,1-2H3. The fraction of sp³-hybridized carbons (Fsp3) is 0.300. The van der Waals surface area contributed by atoms with Gasteiger partial charge in [-0.2, -0.15) is 0 Å². The number of esters is 1. The summed E-state index contributed by atoms with van der Waals surface area (Å²) >= 11 is 0. The maximum atomic E-state index is 11.0. The Kier molecular flexibility index (Phi) is 2.90. The van der Waals surface area contributed by atoms with Crippen LogP contribution >= 0.6 is 0 Å². The molecule has 0 fully saturated rings. The average Bonchev–Trinajstić information content (AvgIpc) is 2.09. The fourth-order valence-electron chi connectivity index (χ4n) is 0.982. The van der Waals surface area contributed by atoms with Crippen LogP contribution in [0.25, 0.3) is 0 Å². The van der Waals surface area contributed by atoms with Crippen LogP contribution in [0.5, 0.6) is 5.75 Å². The van der Waals surface area contributed by atoms with Gasteiger partial charge in [-0.05, 0) is 30.7 Å². The number of nitrogen functional groups attached to an aromatic ring is 1. The Bertz CT molecular complexity index is 321. The van der Waals surface area contributed by atoms with E-state index < -0.39 is 0 Å². The van der Waals surface area contributed by atoms with Crippen LogP contribution in [-0.4, -0.2) is 5.97 Å². The molecule has 3 heteroatoms. The number of nitrogens with two attached hydrogens (primary N) is 1. The molecular formula is C10H13NO2. The first-order chi connectivity index (χ1) is 6.13. The Labute approximate surface area is 77.5 Å². The molecule has 0 unspecified atom stereocenters. The van der Waals surface area contributed by atoms with E-state index in [0.717, 1.165) is 5.56 Å². The minimum atomic E-state index is -0.229. The van der Waals surface area contributed by atoms with Gasteiger partial charge in [-0.1, -0.05) is 6.92 Å². The Morgan fingerprint density at radius 2 is 2.23 bits per heavy atom. The smallest absolute Gasteiger partial charge is 0.310 e. The first kappa shape index (κ1) is 9.58. The lowest BCUT2D eigenvalue weighted by molar-refractivity contribution is -0.134. The molecule has 0 aliphatic carbocycles. The molecule has 13 heavy (non-hydrogen) atoms. The van der Waals surface area contributed by atoms with E-state index in [1.807, 2.05) is 6.92 Å². The second-order valence-electron chi connectivity index (χ2n) is 2.85. The lowest BCUT2D eigenvalue weighted by Crippen LogP contribution is -2.06. The number of carbonyl (C=O) groups excluding carboxylic acids is 1. The zero-order valence-corrected chi connectivity index (χ0v) is 7.83. The lowest BCUT2D eigenvalue weighted by Gasteiger charge is -2.06. The number of rotatable bonds is 2. The largest absolute Gasteiger partial charge is 0.426 e. The van der Waals surface area contributed by atoms with Crippen LogP contribution in [-0.2, 0) is 4.79 Å². The number of anilines is 1. The summed E-state index contributed by atoms with van der Waals surface area (Å²) < 4.78 is 5.05. The van der Waals surface area contributed by atoms with E-state index in [-0.39, 0.29) is 5.97 Å². The van der Waals surface area contributed by atoms with Gasteiger partial charge >= 0.3 is 5.97 Å². The number of benzene rings is 1. The molecule has 0 spiro atoms. The molecule has 0 aliphatic rings. The van der Waals surface area contributed by atoms with Crippen molar-refractivity contribution in [1.29, 1.82) is 0 Å². The predicted octanol–water partition coefficient (Wildman–Crippen LogP) is 1.89. The Balaban J connectivity index is 2.83. The van der Waals surface area contributed by atoms with Crippen molar-refractivity contribution in [1.82, 2.24) is 0 Å². The van der Waals surface area contributed by atoms with E-state index in [4.69, 9.17) is 10.5 Å². The first-order valence-electron chi connectivity index (χ1n) is 4.20. The maximum absolute atomic E-state index is 11.0. The molecule has 3 nitrogen and oxygen atoms in total. The normalized spacial score (nSPS) is 9.69. The summed E-state index contributed by atoms with van der Waals surface area (Å²) in [6.07, 6.45) is 0.379. The molecule has 1 aromatic carbocycles. The van der Waals surface area contributed by atoms with Crippen LogP contribution in [0.1, 0.15) is 18.9 Å². The third-order valence-corrected chi connectivity index (χ3v) is 1.71. The van der Waals surface area contributed by atoms with E-state index in [1.165, 1.54) is 0 Å². The lowest BCUT2D eigenvalue weighted by atomic mass is 10.2. The molecule has 0 saturated carbocycles. The van der Waals surface area contributed by atoms with Crippen LogP contribution in [0.3, 0.4) is 0 Å². The number of carbonyl (C=O) groups is 1. The first-order valence-corrected chi connectivity index (χ1v) is 4.20. The van der Waals surface area contributed by atoms with Crippen LogP contribution in [0, 0.1) is 6.92 Å². The minimum absolute atomic E-state index is 0.229. The summed E-state index contributed by atoms with van der Waals surface area (Å²) in [6, 6.07) is 5.20. The number of aryl methyl sites for hydroxylation is 1. The molecular weight excluding hydrogens is 166 g/mol. The van der Waals surface area contributed by atoms with Crippen molar-refractivity contribution in [3.8, 4) is 5.75 Å². The van der Waals surface area contributed by atoms with E-state index in [0.29, 0.717) is 17.9 Å². The SMILES string of the molecule is CCC(=O)Oc1ccc(N)cc1C. The molecule has 0 aromatic heterocycles. The molecule has 0 heterocycles. The summed E-state index contributed by atoms with van der Waals surface area (Å²) in [7, 11) is 0. The van der Waals surface area contributed by atoms with Gasteiger partial charge in [0.05, 0.1) is 0 Å². The van der Waals surface area contributed by atoms with E-state index in [9.17, 15) is 4.79 Å². The van der Waals surface area contributed by atoms with Crippen LogP contribution in [0.2, 0.25) is 0 Å². The molecule has 0 aliphatic heterocycles. The average molecular weight is 179 g/mol. The quantitative estimate of drug-likeness (QED) is 0.428. The molecule has 1 rings (SSSR count).